The van der Waals surface area contributed by atoms with Gasteiger partial charge in [-0.25, -0.2) is 0 Å². The molecule has 1 nitrogen and oxygen atoms in total. The molecule has 20 heavy (non-hydrogen) atoms. The molecule has 0 aromatic carbocycles. The Kier molecular flexibility index (Phi) is 10.9. The van der Waals surface area contributed by atoms with Crippen LogP contribution >= 0.6 is 0 Å². The second-order valence-corrected chi connectivity index (χ2v) is 6.95. The second kappa shape index (κ2) is 11.2. The van der Waals surface area contributed by atoms with Gasteiger partial charge in [-0.15, -0.1) is 6.42 Å². The molecular weight excluding hydrogens is 244 g/mol. The average molecular weight is 280 g/mol. The van der Waals surface area contributed by atoms with Crippen LogP contribution in [-0.4, -0.2) is 10.7 Å². The molecular formula is C19H36O. The van der Waals surface area contributed by atoms with Crippen molar-refractivity contribution in [2.75, 3.05) is 0 Å². The van der Waals surface area contributed by atoms with Crippen molar-refractivity contribution in [3.8, 4) is 12.3 Å². The molecule has 118 valence electrons. The summed E-state index contributed by atoms with van der Waals surface area (Å²) >= 11 is 0. The third-order valence-electron chi connectivity index (χ3n) is 4.37. The molecule has 0 spiro atoms. The van der Waals surface area contributed by atoms with E-state index in [1.54, 1.807) is 6.92 Å². The normalized spacial score (nSPS) is 17.2. The van der Waals surface area contributed by atoms with E-state index >= 15 is 0 Å². The minimum Gasteiger partial charge on any atom is -0.378 e. The van der Waals surface area contributed by atoms with Crippen molar-refractivity contribution in [3.63, 3.8) is 0 Å². The van der Waals surface area contributed by atoms with Crippen LogP contribution in [0.5, 0.6) is 0 Å². The monoisotopic (exact) mass is 280 g/mol. The number of unbranched alkanes of at least 4 members (excludes halogenated alkanes) is 2. The molecule has 0 radical (unpaired) electrons. The van der Waals surface area contributed by atoms with Crippen LogP contribution in [0.2, 0.25) is 0 Å². The smallest absolute Gasteiger partial charge is 0.122 e. The van der Waals surface area contributed by atoms with Crippen LogP contribution < -0.4 is 0 Å². The van der Waals surface area contributed by atoms with Crippen LogP contribution in [-0.2, 0) is 0 Å². The van der Waals surface area contributed by atoms with Crippen LogP contribution in [0.4, 0.5) is 0 Å². The summed E-state index contributed by atoms with van der Waals surface area (Å²) in [6, 6.07) is 0. The molecule has 1 heteroatoms. The van der Waals surface area contributed by atoms with Crippen LogP contribution in [0, 0.1) is 24.2 Å². The summed E-state index contributed by atoms with van der Waals surface area (Å²) in [5.74, 6) is 4.09. The van der Waals surface area contributed by atoms with Crippen molar-refractivity contribution >= 4 is 0 Å². The Bertz CT molecular complexity index is 261. The predicted octanol–water partition coefficient (Wildman–Crippen LogP) is 5.56. The van der Waals surface area contributed by atoms with E-state index in [1.807, 2.05) is 0 Å². The Morgan fingerprint density at radius 2 is 1.45 bits per heavy atom. The molecule has 0 fully saturated rings. The standard InChI is InChI=1S/C19H36O/c1-6-8-9-12-17(3)13-10-14-18(4)15-11-16-19(5,20)7-2/h2,17-18,20H,6,8-16H2,1,3-5H3. The van der Waals surface area contributed by atoms with Crippen molar-refractivity contribution < 1.29 is 5.11 Å². The Morgan fingerprint density at radius 3 is 1.95 bits per heavy atom. The fourth-order valence-electron chi connectivity index (χ4n) is 2.71. The Morgan fingerprint density at radius 1 is 0.950 bits per heavy atom. The van der Waals surface area contributed by atoms with E-state index in [1.165, 1.54) is 51.4 Å². The molecule has 0 amide bonds. The van der Waals surface area contributed by atoms with Crippen LogP contribution in [0.15, 0.2) is 0 Å². The highest BCUT2D eigenvalue weighted by atomic mass is 16.3. The van der Waals surface area contributed by atoms with Gasteiger partial charge in [0.2, 0.25) is 0 Å². The molecule has 0 rings (SSSR count). The molecule has 3 atom stereocenters. The average Bonchev–Trinajstić information content (AvgIpc) is 2.39. The minimum atomic E-state index is -0.909. The van der Waals surface area contributed by atoms with Crippen molar-refractivity contribution in [1.82, 2.24) is 0 Å². The number of aliphatic hydroxyl groups is 1. The molecule has 3 unspecified atom stereocenters. The zero-order chi connectivity index (χ0) is 15.4. The van der Waals surface area contributed by atoms with Gasteiger partial charge in [-0.1, -0.05) is 78.1 Å². The minimum absolute atomic E-state index is 0.723. The Labute approximate surface area is 127 Å². The van der Waals surface area contributed by atoms with E-state index in [9.17, 15) is 5.11 Å². The highest BCUT2D eigenvalue weighted by Gasteiger charge is 2.16. The lowest BCUT2D eigenvalue weighted by atomic mass is 9.91. The van der Waals surface area contributed by atoms with Crippen molar-refractivity contribution in [3.05, 3.63) is 0 Å². The Balaban J connectivity index is 3.54. The van der Waals surface area contributed by atoms with Gasteiger partial charge in [0.25, 0.3) is 0 Å². The maximum Gasteiger partial charge on any atom is 0.122 e. The molecule has 0 aromatic heterocycles. The first-order valence-electron chi connectivity index (χ1n) is 8.61. The fourth-order valence-corrected chi connectivity index (χ4v) is 2.71. The maximum absolute atomic E-state index is 9.75. The molecule has 0 saturated carbocycles. The van der Waals surface area contributed by atoms with Crippen LogP contribution in [0.3, 0.4) is 0 Å². The van der Waals surface area contributed by atoms with E-state index in [-0.39, 0.29) is 0 Å². The van der Waals surface area contributed by atoms with Gasteiger partial charge >= 0.3 is 0 Å². The molecule has 0 aliphatic heterocycles. The van der Waals surface area contributed by atoms with Gasteiger partial charge in [0.1, 0.15) is 5.60 Å². The summed E-state index contributed by atoms with van der Waals surface area (Å²) in [6.07, 6.45) is 17.8. The first kappa shape index (κ1) is 19.5. The second-order valence-electron chi connectivity index (χ2n) is 6.95. The van der Waals surface area contributed by atoms with E-state index in [0.717, 1.165) is 24.7 Å². The third kappa shape index (κ3) is 11.4. The fraction of sp³-hybridized carbons (Fsp3) is 0.895. The number of hydrogen-bond acceptors (Lipinski definition) is 1. The van der Waals surface area contributed by atoms with E-state index in [4.69, 9.17) is 6.42 Å². The van der Waals surface area contributed by atoms with Crippen molar-refractivity contribution in [2.45, 2.75) is 97.5 Å². The highest BCUT2D eigenvalue weighted by Crippen LogP contribution is 2.22. The van der Waals surface area contributed by atoms with E-state index in [0.29, 0.717) is 0 Å². The maximum atomic E-state index is 9.75. The van der Waals surface area contributed by atoms with Gasteiger partial charge in [0.05, 0.1) is 0 Å². The summed E-state index contributed by atoms with van der Waals surface area (Å²) < 4.78 is 0. The summed E-state index contributed by atoms with van der Waals surface area (Å²) in [7, 11) is 0. The first-order valence-corrected chi connectivity index (χ1v) is 8.61. The lowest BCUT2D eigenvalue weighted by Gasteiger charge is -2.18. The molecule has 1 N–H and O–H groups in total. The lowest BCUT2D eigenvalue weighted by molar-refractivity contribution is 0.107. The highest BCUT2D eigenvalue weighted by molar-refractivity contribution is 5.03. The van der Waals surface area contributed by atoms with Gasteiger partial charge in [-0.05, 0) is 31.6 Å². The summed E-state index contributed by atoms with van der Waals surface area (Å²) in [6.45, 7) is 8.72. The molecule has 0 heterocycles. The molecule has 0 aliphatic rings. The molecule has 0 aromatic rings. The van der Waals surface area contributed by atoms with Gasteiger partial charge < -0.3 is 5.11 Å². The number of rotatable bonds is 12. The van der Waals surface area contributed by atoms with Gasteiger partial charge in [-0.3, -0.25) is 0 Å². The lowest BCUT2D eigenvalue weighted by Crippen LogP contribution is -2.20. The predicted molar refractivity (Wildman–Crippen MR) is 89.6 cm³/mol. The molecule has 0 aliphatic carbocycles. The SMILES string of the molecule is C#CC(C)(O)CCCC(C)CCCC(C)CCCCC. The largest absolute Gasteiger partial charge is 0.378 e. The zero-order valence-corrected chi connectivity index (χ0v) is 14.3. The van der Waals surface area contributed by atoms with Crippen LogP contribution in [0.1, 0.15) is 91.9 Å². The van der Waals surface area contributed by atoms with E-state index in [2.05, 4.69) is 26.7 Å². The quantitative estimate of drug-likeness (QED) is 0.366. The van der Waals surface area contributed by atoms with E-state index < -0.39 is 5.60 Å². The summed E-state index contributed by atoms with van der Waals surface area (Å²) in [5.41, 5.74) is -0.909. The van der Waals surface area contributed by atoms with Gasteiger partial charge in [0, 0.05) is 0 Å². The third-order valence-corrected chi connectivity index (χ3v) is 4.37. The Hall–Kier alpha value is -0.480. The molecule has 0 bridgehead atoms. The number of hydrogen-bond donors (Lipinski definition) is 1. The topological polar surface area (TPSA) is 20.2 Å². The van der Waals surface area contributed by atoms with Crippen molar-refractivity contribution in [2.24, 2.45) is 11.8 Å². The van der Waals surface area contributed by atoms with Crippen LogP contribution in [0.25, 0.3) is 0 Å². The summed E-state index contributed by atoms with van der Waals surface area (Å²) in [5, 5.41) is 9.75. The number of terminal acetylenes is 1. The van der Waals surface area contributed by atoms with Gasteiger partial charge in [0.15, 0.2) is 0 Å². The van der Waals surface area contributed by atoms with Crippen molar-refractivity contribution in [1.29, 1.82) is 0 Å². The van der Waals surface area contributed by atoms with Gasteiger partial charge in [-0.2, -0.15) is 0 Å². The zero-order valence-electron chi connectivity index (χ0n) is 14.3. The first-order chi connectivity index (χ1) is 9.41. The molecule has 0 saturated heterocycles. The summed E-state index contributed by atoms with van der Waals surface area (Å²) in [4.78, 5) is 0.